The molecule has 1 N–H and O–H groups in total. The van der Waals surface area contributed by atoms with E-state index in [1.165, 1.54) is 6.92 Å². The molecule has 0 aliphatic heterocycles. The second-order valence-corrected chi connectivity index (χ2v) is 3.79. The summed E-state index contributed by atoms with van der Waals surface area (Å²) in [5.41, 5.74) is 0.732. The minimum absolute atomic E-state index is 0.0898. The fraction of sp³-hybridized carbons (Fsp3) is 0.222. The summed E-state index contributed by atoms with van der Waals surface area (Å²) in [5, 5.41) is 3.33. The zero-order valence-electron chi connectivity index (χ0n) is 7.43. The van der Waals surface area contributed by atoms with Gasteiger partial charge in [0.05, 0.1) is 5.02 Å². The van der Waals surface area contributed by atoms with Crippen LogP contribution in [0.2, 0.25) is 5.02 Å². The Bertz CT molecular complexity index is 327. The first-order chi connectivity index (χ1) is 6.13. The van der Waals surface area contributed by atoms with Crippen molar-refractivity contribution < 1.29 is 4.79 Å². The zero-order valence-corrected chi connectivity index (χ0v) is 9.00. The number of nitrogens with one attached hydrogen (secondary N) is 1. The minimum Gasteiger partial charge on any atom is -0.326 e. The number of benzene rings is 1. The van der Waals surface area contributed by atoms with E-state index in [-0.39, 0.29) is 5.91 Å². The summed E-state index contributed by atoms with van der Waals surface area (Å²) in [5.74, 6) is -0.0898. The molecule has 0 unspecified atom stereocenters. The monoisotopic (exact) mass is 215 g/mol. The van der Waals surface area contributed by atoms with Crippen molar-refractivity contribution in [3.05, 3.63) is 23.2 Å². The molecule has 0 aliphatic carbocycles. The van der Waals surface area contributed by atoms with E-state index in [2.05, 4.69) is 5.32 Å². The highest BCUT2D eigenvalue weighted by molar-refractivity contribution is 7.98. The molecule has 0 radical (unpaired) electrons. The van der Waals surface area contributed by atoms with Crippen LogP contribution in [0.15, 0.2) is 23.1 Å². The van der Waals surface area contributed by atoms with E-state index in [0.717, 1.165) is 10.6 Å². The van der Waals surface area contributed by atoms with Gasteiger partial charge in [0, 0.05) is 17.5 Å². The predicted octanol–water partition coefficient (Wildman–Crippen LogP) is 3.02. The average Bonchev–Trinajstić information content (AvgIpc) is 2.03. The molecule has 1 amide bonds. The van der Waals surface area contributed by atoms with Gasteiger partial charge in [-0.3, -0.25) is 4.79 Å². The molecule has 0 spiro atoms. The second-order valence-electron chi connectivity index (χ2n) is 2.53. The molecule has 1 aromatic rings. The van der Waals surface area contributed by atoms with Crippen LogP contribution in [0.4, 0.5) is 5.69 Å². The van der Waals surface area contributed by atoms with E-state index < -0.39 is 0 Å². The summed E-state index contributed by atoms with van der Waals surface area (Å²) in [6.07, 6.45) is 1.96. The fourth-order valence-electron chi connectivity index (χ4n) is 0.947. The van der Waals surface area contributed by atoms with Gasteiger partial charge in [0.15, 0.2) is 0 Å². The van der Waals surface area contributed by atoms with Gasteiger partial charge in [0.1, 0.15) is 0 Å². The smallest absolute Gasteiger partial charge is 0.221 e. The SMILES string of the molecule is CSc1ccc(NC(C)=O)cc1Cl. The first-order valence-electron chi connectivity index (χ1n) is 3.74. The van der Waals surface area contributed by atoms with E-state index in [1.807, 2.05) is 18.4 Å². The van der Waals surface area contributed by atoms with Gasteiger partial charge >= 0.3 is 0 Å². The third kappa shape index (κ3) is 2.94. The maximum absolute atomic E-state index is 10.7. The van der Waals surface area contributed by atoms with Crippen molar-refractivity contribution in [3.8, 4) is 0 Å². The van der Waals surface area contributed by atoms with Gasteiger partial charge in [-0.2, -0.15) is 0 Å². The number of hydrogen-bond donors (Lipinski definition) is 1. The van der Waals surface area contributed by atoms with Gasteiger partial charge in [-0.05, 0) is 24.5 Å². The van der Waals surface area contributed by atoms with Crippen LogP contribution < -0.4 is 5.32 Å². The number of thioether (sulfide) groups is 1. The largest absolute Gasteiger partial charge is 0.326 e. The van der Waals surface area contributed by atoms with Crippen LogP contribution in [0, 0.1) is 0 Å². The van der Waals surface area contributed by atoms with Crippen LogP contribution >= 0.6 is 23.4 Å². The molecule has 1 aromatic carbocycles. The van der Waals surface area contributed by atoms with Crippen molar-refractivity contribution in [2.45, 2.75) is 11.8 Å². The maximum atomic E-state index is 10.7. The number of carbonyl (C=O) groups is 1. The molecule has 1 rings (SSSR count). The van der Waals surface area contributed by atoms with Gasteiger partial charge in [-0.25, -0.2) is 0 Å². The third-order valence-corrected chi connectivity index (χ3v) is 2.69. The molecule has 0 saturated carbocycles. The maximum Gasteiger partial charge on any atom is 0.221 e. The number of anilines is 1. The summed E-state index contributed by atoms with van der Waals surface area (Å²) >= 11 is 7.52. The van der Waals surface area contributed by atoms with Gasteiger partial charge in [-0.15, -0.1) is 11.8 Å². The Labute approximate surface area is 86.7 Å². The summed E-state index contributed by atoms with van der Waals surface area (Å²) in [7, 11) is 0. The van der Waals surface area contributed by atoms with Gasteiger partial charge in [0.2, 0.25) is 5.91 Å². The van der Waals surface area contributed by atoms with E-state index in [1.54, 1.807) is 17.8 Å². The molecular weight excluding hydrogens is 206 g/mol. The van der Waals surface area contributed by atoms with Crippen molar-refractivity contribution in [2.75, 3.05) is 11.6 Å². The van der Waals surface area contributed by atoms with Crippen LogP contribution in [-0.2, 0) is 4.79 Å². The van der Waals surface area contributed by atoms with Crippen molar-refractivity contribution in [1.29, 1.82) is 0 Å². The van der Waals surface area contributed by atoms with Gasteiger partial charge < -0.3 is 5.32 Å². The Kier molecular flexibility index (Phi) is 3.63. The molecule has 13 heavy (non-hydrogen) atoms. The number of carbonyl (C=O) groups excluding carboxylic acids is 1. The normalized spacial score (nSPS) is 9.77. The average molecular weight is 216 g/mol. The van der Waals surface area contributed by atoms with Crippen LogP contribution in [0.5, 0.6) is 0 Å². The van der Waals surface area contributed by atoms with Crippen molar-refractivity contribution in [2.24, 2.45) is 0 Å². The molecule has 0 fully saturated rings. The highest BCUT2D eigenvalue weighted by atomic mass is 35.5. The summed E-state index contributed by atoms with van der Waals surface area (Å²) in [4.78, 5) is 11.7. The van der Waals surface area contributed by atoms with Gasteiger partial charge in [0.25, 0.3) is 0 Å². The van der Waals surface area contributed by atoms with Crippen molar-refractivity contribution >= 4 is 35.0 Å². The quantitative estimate of drug-likeness (QED) is 0.769. The van der Waals surface area contributed by atoms with Crippen molar-refractivity contribution in [1.82, 2.24) is 0 Å². The van der Waals surface area contributed by atoms with Crippen molar-refractivity contribution in [3.63, 3.8) is 0 Å². The summed E-state index contributed by atoms with van der Waals surface area (Å²) < 4.78 is 0. The third-order valence-electron chi connectivity index (χ3n) is 1.47. The topological polar surface area (TPSA) is 29.1 Å². The molecule has 4 heteroatoms. The molecular formula is C9H10ClNOS. The summed E-state index contributed by atoms with van der Waals surface area (Å²) in [6.45, 7) is 1.47. The first kappa shape index (κ1) is 10.4. The van der Waals surface area contributed by atoms with E-state index in [0.29, 0.717) is 5.02 Å². The Morgan fingerprint density at radius 3 is 2.69 bits per heavy atom. The second kappa shape index (κ2) is 4.53. The zero-order chi connectivity index (χ0) is 9.84. The Balaban J connectivity index is 2.89. The number of rotatable bonds is 2. The minimum atomic E-state index is -0.0898. The van der Waals surface area contributed by atoms with Crippen LogP contribution in [0.25, 0.3) is 0 Å². The van der Waals surface area contributed by atoms with Gasteiger partial charge in [-0.1, -0.05) is 11.6 Å². The van der Waals surface area contributed by atoms with E-state index in [4.69, 9.17) is 11.6 Å². The lowest BCUT2D eigenvalue weighted by atomic mass is 10.3. The molecule has 0 heterocycles. The highest BCUT2D eigenvalue weighted by Crippen LogP contribution is 2.27. The lowest BCUT2D eigenvalue weighted by molar-refractivity contribution is -0.114. The van der Waals surface area contributed by atoms with E-state index >= 15 is 0 Å². The fourth-order valence-corrected chi connectivity index (χ4v) is 1.82. The van der Waals surface area contributed by atoms with E-state index in [9.17, 15) is 4.79 Å². The van der Waals surface area contributed by atoms with Crippen LogP contribution in [0.3, 0.4) is 0 Å². The molecule has 70 valence electrons. The first-order valence-corrected chi connectivity index (χ1v) is 5.35. The molecule has 0 bridgehead atoms. The molecule has 2 nitrogen and oxygen atoms in total. The van der Waals surface area contributed by atoms with Crippen LogP contribution in [-0.4, -0.2) is 12.2 Å². The Morgan fingerprint density at radius 2 is 2.23 bits per heavy atom. The lowest BCUT2D eigenvalue weighted by Gasteiger charge is -2.04. The number of hydrogen-bond acceptors (Lipinski definition) is 2. The Hall–Kier alpha value is -0.670. The molecule has 0 atom stereocenters. The standard InChI is InChI=1S/C9H10ClNOS/c1-6(12)11-7-3-4-9(13-2)8(10)5-7/h3-5H,1-2H3,(H,11,12). The predicted molar refractivity (Wildman–Crippen MR) is 57.5 cm³/mol. The lowest BCUT2D eigenvalue weighted by Crippen LogP contribution is -2.05. The molecule has 0 aromatic heterocycles. The number of halogens is 1. The molecule has 0 aliphatic rings. The highest BCUT2D eigenvalue weighted by Gasteiger charge is 2.01. The van der Waals surface area contributed by atoms with Crippen LogP contribution in [0.1, 0.15) is 6.92 Å². The number of amides is 1. The Morgan fingerprint density at radius 1 is 1.54 bits per heavy atom. The summed E-state index contributed by atoms with van der Waals surface area (Å²) in [6, 6.07) is 5.46. The molecule has 0 saturated heterocycles.